The van der Waals surface area contributed by atoms with Crippen molar-refractivity contribution in [1.82, 2.24) is 0 Å². The molecule has 0 aromatic heterocycles. The van der Waals surface area contributed by atoms with E-state index in [4.69, 9.17) is 5.73 Å². The summed E-state index contributed by atoms with van der Waals surface area (Å²) in [6, 6.07) is 7.12. The monoisotopic (exact) mass is 200 g/mol. The molecule has 3 heteroatoms. The molecule has 2 N–H and O–H groups in total. The second kappa shape index (κ2) is 2.86. The Labute approximate surface area is 67.2 Å². The van der Waals surface area contributed by atoms with Gasteiger partial charge in [0.2, 0.25) is 0 Å². The van der Waals surface area contributed by atoms with Gasteiger partial charge < -0.3 is 0 Å². The third kappa shape index (κ3) is 1.38. The zero-order valence-corrected chi connectivity index (χ0v) is 6.92. The van der Waals surface area contributed by atoms with Crippen molar-refractivity contribution in [3.05, 3.63) is 29.8 Å². The molecule has 1 aromatic rings. The van der Waals surface area contributed by atoms with Crippen LogP contribution >= 0.6 is 0 Å². The van der Waals surface area contributed by atoms with E-state index in [1.54, 1.807) is 18.2 Å². The fourth-order valence-electron chi connectivity index (χ4n) is 0.670. The van der Waals surface area contributed by atoms with Gasteiger partial charge in [0, 0.05) is 0 Å². The first kappa shape index (κ1) is 7.32. The molecule has 0 unspecified atom stereocenters. The third-order valence-electron chi connectivity index (χ3n) is 1.15. The first-order valence-corrected chi connectivity index (χ1v) is 3.63. The van der Waals surface area contributed by atoms with Gasteiger partial charge in [0.15, 0.2) is 0 Å². The molecule has 1 aromatic carbocycles. The number of benzene rings is 1. The van der Waals surface area contributed by atoms with E-state index in [1.165, 1.54) is 0 Å². The van der Waals surface area contributed by atoms with Gasteiger partial charge in [-0.25, -0.2) is 0 Å². The van der Waals surface area contributed by atoms with Crippen molar-refractivity contribution in [3.63, 3.8) is 0 Å². The molecule has 0 atom stereocenters. The maximum absolute atomic E-state index is 10.6. The van der Waals surface area contributed by atoms with E-state index in [0.29, 0.717) is 5.56 Å². The van der Waals surface area contributed by atoms with E-state index in [1.807, 2.05) is 6.07 Å². The summed E-state index contributed by atoms with van der Waals surface area (Å²) in [5, 5.41) is 0. The summed E-state index contributed by atoms with van der Waals surface area (Å²) in [6.45, 7) is 0. The summed E-state index contributed by atoms with van der Waals surface area (Å²) >= 11 is 2.75. The van der Waals surface area contributed by atoms with Gasteiger partial charge in [0.05, 0.1) is 0 Å². The van der Waals surface area contributed by atoms with E-state index in [2.05, 4.69) is 16.0 Å². The average molecular weight is 199 g/mol. The number of rotatable bonds is 1. The molecule has 0 fully saturated rings. The molecule has 1 amide bonds. The molecule has 0 aliphatic heterocycles. The van der Waals surface area contributed by atoms with E-state index in [-0.39, 0.29) is 0 Å². The molecule has 0 aliphatic rings. The summed E-state index contributed by atoms with van der Waals surface area (Å²) in [5.41, 5.74) is 5.60. The Morgan fingerprint density at radius 2 is 2.00 bits per heavy atom. The molecule has 0 bridgehead atoms. The van der Waals surface area contributed by atoms with Crippen LogP contribution in [0, 0.1) is 0 Å². The van der Waals surface area contributed by atoms with Crippen LogP contribution in [0.5, 0.6) is 0 Å². The standard InChI is InChI=1S/C7H6NOSe/c8-7(9)5-3-1-2-4-6(5)10/h1-4H,(H2,8,9). The molecule has 2 nitrogen and oxygen atoms in total. The molecule has 1 radical (unpaired) electrons. The Hall–Kier alpha value is -0.791. The summed E-state index contributed by atoms with van der Waals surface area (Å²) < 4.78 is 0.801. The van der Waals surface area contributed by atoms with E-state index in [9.17, 15) is 4.79 Å². The summed E-state index contributed by atoms with van der Waals surface area (Å²) in [7, 11) is 0. The van der Waals surface area contributed by atoms with Gasteiger partial charge in [-0.1, -0.05) is 0 Å². The molecule has 10 heavy (non-hydrogen) atoms. The Bertz CT molecular complexity index is 260. The van der Waals surface area contributed by atoms with Gasteiger partial charge in [0.1, 0.15) is 0 Å². The molecule has 0 saturated carbocycles. The molecule has 0 aliphatic carbocycles. The second-order valence-corrected chi connectivity index (χ2v) is 2.78. The van der Waals surface area contributed by atoms with Gasteiger partial charge in [-0.3, -0.25) is 0 Å². The number of primary amides is 1. The Balaban J connectivity index is 3.15. The average Bonchev–Trinajstić information content (AvgIpc) is 1.88. The van der Waals surface area contributed by atoms with Crippen LogP contribution in [0.4, 0.5) is 0 Å². The van der Waals surface area contributed by atoms with Crippen LogP contribution < -0.4 is 10.2 Å². The third-order valence-corrected chi connectivity index (χ3v) is 1.90. The summed E-state index contributed by atoms with van der Waals surface area (Å²) in [6.07, 6.45) is 0. The topological polar surface area (TPSA) is 43.1 Å². The SMILES string of the molecule is NC(=O)c1ccccc1[Se]. The fourth-order valence-corrected chi connectivity index (χ4v) is 1.19. The zero-order chi connectivity index (χ0) is 7.56. The zero-order valence-electron chi connectivity index (χ0n) is 5.20. The van der Waals surface area contributed by atoms with Crippen LogP contribution in [-0.4, -0.2) is 21.9 Å². The van der Waals surface area contributed by atoms with Crippen LogP contribution in [-0.2, 0) is 0 Å². The van der Waals surface area contributed by atoms with Crippen LogP contribution in [0.1, 0.15) is 10.4 Å². The van der Waals surface area contributed by atoms with Crippen LogP contribution in [0.3, 0.4) is 0 Å². The summed E-state index contributed by atoms with van der Waals surface area (Å²) in [4.78, 5) is 10.6. The van der Waals surface area contributed by atoms with Crippen molar-refractivity contribution >= 4 is 26.4 Å². The number of hydrogen-bond donors (Lipinski definition) is 1. The van der Waals surface area contributed by atoms with Crippen molar-refractivity contribution in [2.45, 2.75) is 0 Å². The van der Waals surface area contributed by atoms with Gasteiger partial charge >= 0.3 is 66.7 Å². The molecule has 0 heterocycles. The summed E-state index contributed by atoms with van der Waals surface area (Å²) in [5.74, 6) is -0.394. The van der Waals surface area contributed by atoms with Crippen molar-refractivity contribution in [1.29, 1.82) is 0 Å². The van der Waals surface area contributed by atoms with Gasteiger partial charge in [-0.15, -0.1) is 0 Å². The predicted octanol–water partition coefficient (Wildman–Crippen LogP) is -0.421. The Kier molecular flexibility index (Phi) is 2.09. The minimum absolute atomic E-state index is 0.394. The molecular formula is C7H6NOSe. The van der Waals surface area contributed by atoms with Crippen LogP contribution in [0.15, 0.2) is 24.3 Å². The first-order valence-electron chi connectivity index (χ1n) is 2.77. The van der Waals surface area contributed by atoms with Crippen molar-refractivity contribution in [2.75, 3.05) is 0 Å². The van der Waals surface area contributed by atoms with E-state index < -0.39 is 5.91 Å². The number of carbonyl (C=O) groups is 1. The number of hydrogen-bond acceptors (Lipinski definition) is 1. The minimum atomic E-state index is -0.394. The maximum atomic E-state index is 10.6. The first-order chi connectivity index (χ1) is 4.72. The van der Waals surface area contributed by atoms with Crippen molar-refractivity contribution < 1.29 is 4.79 Å². The second-order valence-electron chi connectivity index (χ2n) is 1.86. The predicted molar refractivity (Wildman–Crippen MR) is 40.3 cm³/mol. The number of carbonyl (C=O) groups excluding carboxylic acids is 1. The van der Waals surface area contributed by atoms with Crippen LogP contribution in [0.25, 0.3) is 0 Å². The van der Waals surface area contributed by atoms with E-state index >= 15 is 0 Å². The van der Waals surface area contributed by atoms with Crippen molar-refractivity contribution in [2.24, 2.45) is 5.73 Å². The fraction of sp³-hybridized carbons (Fsp3) is 0. The number of amides is 1. The van der Waals surface area contributed by atoms with Crippen LogP contribution in [0.2, 0.25) is 0 Å². The molecule has 1 rings (SSSR count). The normalized spacial score (nSPS) is 9.20. The Morgan fingerprint density at radius 3 is 2.40 bits per heavy atom. The molecule has 0 saturated heterocycles. The molecule has 0 spiro atoms. The molecule has 51 valence electrons. The number of nitrogens with two attached hydrogens (primary N) is 1. The van der Waals surface area contributed by atoms with Gasteiger partial charge in [-0.05, 0) is 0 Å². The van der Waals surface area contributed by atoms with Crippen molar-refractivity contribution in [3.8, 4) is 0 Å². The quantitative estimate of drug-likeness (QED) is 0.613. The Morgan fingerprint density at radius 1 is 1.40 bits per heavy atom. The van der Waals surface area contributed by atoms with E-state index in [0.717, 1.165) is 4.46 Å². The van der Waals surface area contributed by atoms with Gasteiger partial charge in [0.25, 0.3) is 0 Å². The van der Waals surface area contributed by atoms with Gasteiger partial charge in [-0.2, -0.15) is 0 Å². The molecular weight excluding hydrogens is 193 g/mol.